The van der Waals surface area contributed by atoms with E-state index in [0.29, 0.717) is 5.82 Å². The highest BCUT2D eigenvalue weighted by molar-refractivity contribution is 5.88. The second-order valence-corrected chi connectivity index (χ2v) is 7.32. The number of nitrogens with zero attached hydrogens (tertiary/aromatic N) is 3. The molecule has 0 aliphatic rings. The van der Waals surface area contributed by atoms with Crippen LogP contribution in [0, 0.1) is 13.8 Å². The number of fused-ring (bicyclic) bond motifs is 2. The first-order valence-corrected chi connectivity index (χ1v) is 9.78. The van der Waals surface area contributed by atoms with E-state index >= 15 is 0 Å². The van der Waals surface area contributed by atoms with Crippen molar-refractivity contribution in [3.05, 3.63) is 95.6 Å². The maximum Gasteiger partial charge on any atom is 0.157 e. The molecule has 5 nitrogen and oxygen atoms in total. The Kier molecular flexibility index (Phi) is 4.48. The molecule has 5 heteroatoms. The number of nitrogens with one attached hydrogen (secondary N) is 1. The summed E-state index contributed by atoms with van der Waals surface area (Å²) in [7, 11) is 0. The number of hydrogen-bond acceptors (Lipinski definition) is 5. The monoisotopic (exact) mass is 392 g/mol. The number of aromatic nitrogens is 2. The lowest BCUT2D eigenvalue weighted by Gasteiger charge is -2.07. The molecule has 0 amide bonds. The van der Waals surface area contributed by atoms with Crippen LogP contribution in [0.4, 0.5) is 5.82 Å². The second kappa shape index (κ2) is 7.44. The molecule has 2 aromatic heterocycles. The van der Waals surface area contributed by atoms with Gasteiger partial charge in [-0.25, -0.2) is 9.97 Å². The molecular weight excluding hydrogens is 372 g/mol. The van der Waals surface area contributed by atoms with Crippen LogP contribution in [0.5, 0.6) is 0 Å². The van der Waals surface area contributed by atoms with Gasteiger partial charge in [0, 0.05) is 22.4 Å². The van der Waals surface area contributed by atoms with Crippen LogP contribution >= 0.6 is 0 Å². The van der Waals surface area contributed by atoms with Crippen molar-refractivity contribution in [3.8, 4) is 11.3 Å². The minimum absolute atomic E-state index is 0.665. The summed E-state index contributed by atoms with van der Waals surface area (Å²) in [4.78, 5) is 8.68. The molecule has 0 radical (unpaired) electrons. The minimum atomic E-state index is 0.665. The summed E-state index contributed by atoms with van der Waals surface area (Å²) in [5, 5.41) is 7.33. The number of benzene rings is 3. The molecule has 0 unspecified atom stereocenters. The highest BCUT2D eigenvalue weighted by atomic mass is 16.3. The van der Waals surface area contributed by atoms with E-state index in [0.717, 1.165) is 44.1 Å². The van der Waals surface area contributed by atoms with Crippen LogP contribution in [-0.2, 0) is 0 Å². The first-order chi connectivity index (χ1) is 14.7. The zero-order valence-corrected chi connectivity index (χ0v) is 16.8. The maximum absolute atomic E-state index is 6.22. The Balaban J connectivity index is 1.67. The summed E-state index contributed by atoms with van der Waals surface area (Å²) in [6.07, 6.45) is 1.54. The summed E-state index contributed by atoms with van der Waals surface area (Å²) in [6, 6.07) is 24.2. The topological polar surface area (TPSA) is 63.3 Å². The first-order valence-electron chi connectivity index (χ1n) is 9.78. The molecule has 0 spiro atoms. The molecule has 0 saturated carbocycles. The number of rotatable bonds is 3. The number of aryl methyl sites for hydroxylation is 2. The predicted molar refractivity (Wildman–Crippen MR) is 120 cm³/mol. The first kappa shape index (κ1) is 18.1. The molecule has 0 atom stereocenters. The van der Waals surface area contributed by atoms with Gasteiger partial charge in [-0.05, 0) is 43.7 Å². The standard InChI is InChI=1S/C25H20N4O/c1-16-7-10-18(11-8-16)23-14-22(19-12-9-17(2)13-24(19)30-23)28-29-25-20-5-3-4-6-21(20)26-15-27-25/h3-15H,1-2H3,(H,26,27,29). The lowest BCUT2D eigenvalue weighted by atomic mass is 10.1. The van der Waals surface area contributed by atoms with Gasteiger partial charge < -0.3 is 4.42 Å². The van der Waals surface area contributed by atoms with Gasteiger partial charge in [0.2, 0.25) is 0 Å². The van der Waals surface area contributed by atoms with Crippen molar-refractivity contribution >= 4 is 27.7 Å². The largest absolute Gasteiger partial charge is 0.456 e. The van der Waals surface area contributed by atoms with Crippen molar-refractivity contribution in [3.63, 3.8) is 0 Å². The van der Waals surface area contributed by atoms with Gasteiger partial charge in [0.25, 0.3) is 0 Å². The molecule has 0 aliphatic carbocycles. The molecule has 146 valence electrons. The fourth-order valence-electron chi connectivity index (χ4n) is 3.44. The Bertz CT molecular complexity index is 1430. The van der Waals surface area contributed by atoms with E-state index in [4.69, 9.17) is 4.42 Å². The molecule has 0 fully saturated rings. The summed E-state index contributed by atoms with van der Waals surface area (Å²) in [5.74, 6) is 1.43. The van der Waals surface area contributed by atoms with Gasteiger partial charge in [0.05, 0.1) is 10.9 Å². The van der Waals surface area contributed by atoms with Gasteiger partial charge in [-0.2, -0.15) is 5.10 Å². The summed E-state index contributed by atoms with van der Waals surface area (Å²) >= 11 is 0. The predicted octanol–water partition coefficient (Wildman–Crippen LogP) is 5.59. The van der Waals surface area contributed by atoms with Gasteiger partial charge in [-0.15, -0.1) is 0 Å². The fraction of sp³-hybridized carbons (Fsp3) is 0.0800. The summed E-state index contributed by atoms with van der Waals surface area (Å²) in [6.45, 7) is 4.12. The van der Waals surface area contributed by atoms with Crippen LogP contribution in [0.15, 0.2) is 88.6 Å². The third kappa shape index (κ3) is 3.42. The van der Waals surface area contributed by atoms with Gasteiger partial charge in [0.1, 0.15) is 17.7 Å². The summed E-state index contributed by atoms with van der Waals surface area (Å²) in [5.41, 5.74) is 8.14. The van der Waals surface area contributed by atoms with Gasteiger partial charge in [-0.3, -0.25) is 5.43 Å². The van der Waals surface area contributed by atoms with Crippen molar-refractivity contribution in [2.45, 2.75) is 13.8 Å². The zero-order valence-electron chi connectivity index (χ0n) is 16.8. The zero-order chi connectivity index (χ0) is 20.5. The molecular formula is C25H20N4O. The van der Waals surface area contributed by atoms with Crippen LogP contribution < -0.4 is 10.8 Å². The number of para-hydroxylation sites is 1. The van der Waals surface area contributed by atoms with Crippen LogP contribution in [0.1, 0.15) is 11.1 Å². The molecule has 2 heterocycles. The molecule has 30 heavy (non-hydrogen) atoms. The third-order valence-corrected chi connectivity index (χ3v) is 5.06. The van der Waals surface area contributed by atoms with Crippen molar-refractivity contribution in [2.24, 2.45) is 5.10 Å². The lowest BCUT2D eigenvalue weighted by molar-refractivity contribution is 0.618. The van der Waals surface area contributed by atoms with Crippen molar-refractivity contribution < 1.29 is 4.42 Å². The Morgan fingerprint density at radius 1 is 0.800 bits per heavy atom. The van der Waals surface area contributed by atoms with E-state index in [2.05, 4.69) is 64.7 Å². The Morgan fingerprint density at radius 2 is 1.60 bits per heavy atom. The minimum Gasteiger partial charge on any atom is -0.456 e. The van der Waals surface area contributed by atoms with Crippen LogP contribution in [0.3, 0.4) is 0 Å². The normalized spacial score (nSPS) is 11.9. The number of hydrogen-bond donors (Lipinski definition) is 1. The van der Waals surface area contributed by atoms with E-state index in [1.54, 1.807) is 6.33 Å². The van der Waals surface area contributed by atoms with Crippen molar-refractivity contribution in [2.75, 3.05) is 5.43 Å². The van der Waals surface area contributed by atoms with Crippen molar-refractivity contribution in [1.29, 1.82) is 0 Å². The van der Waals surface area contributed by atoms with Gasteiger partial charge >= 0.3 is 0 Å². The molecule has 0 aliphatic heterocycles. The Labute approximate surface area is 173 Å². The van der Waals surface area contributed by atoms with Gasteiger partial charge in [-0.1, -0.05) is 48.0 Å². The average molecular weight is 392 g/mol. The molecule has 5 aromatic rings. The Morgan fingerprint density at radius 3 is 2.47 bits per heavy atom. The Hall–Kier alpha value is -3.99. The van der Waals surface area contributed by atoms with Crippen molar-refractivity contribution in [1.82, 2.24) is 9.97 Å². The lowest BCUT2D eigenvalue weighted by Crippen LogP contribution is -2.08. The summed E-state index contributed by atoms with van der Waals surface area (Å²) < 4.78 is 6.22. The number of anilines is 1. The third-order valence-electron chi connectivity index (χ3n) is 5.06. The second-order valence-electron chi connectivity index (χ2n) is 7.32. The van der Waals surface area contributed by atoms with Crippen LogP contribution in [0.25, 0.3) is 33.2 Å². The van der Waals surface area contributed by atoms with E-state index in [-0.39, 0.29) is 0 Å². The maximum atomic E-state index is 6.22. The smallest absolute Gasteiger partial charge is 0.157 e. The molecule has 1 N–H and O–H groups in total. The van der Waals surface area contributed by atoms with E-state index in [1.807, 2.05) is 42.5 Å². The SMILES string of the molecule is Cc1ccc(-c2cc(=NNc3ncnc4ccccc34)c3ccc(C)cc3o2)cc1. The van der Waals surface area contributed by atoms with E-state index < -0.39 is 0 Å². The molecule has 0 bridgehead atoms. The molecule has 0 saturated heterocycles. The molecule has 5 rings (SSSR count). The quantitative estimate of drug-likeness (QED) is 0.407. The van der Waals surface area contributed by atoms with Crippen LogP contribution in [-0.4, -0.2) is 9.97 Å². The highest BCUT2D eigenvalue weighted by Gasteiger charge is 2.07. The highest BCUT2D eigenvalue weighted by Crippen LogP contribution is 2.24. The van der Waals surface area contributed by atoms with E-state index in [9.17, 15) is 0 Å². The van der Waals surface area contributed by atoms with Crippen LogP contribution in [0.2, 0.25) is 0 Å². The fourth-order valence-corrected chi connectivity index (χ4v) is 3.44. The average Bonchev–Trinajstić information content (AvgIpc) is 2.77. The van der Waals surface area contributed by atoms with E-state index in [1.165, 1.54) is 5.56 Å². The van der Waals surface area contributed by atoms with Gasteiger partial charge in [0.15, 0.2) is 5.82 Å². The molecule has 3 aromatic carbocycles.